The fourth-order valence-electron chi connectivity index (χ4n) is 2.58. The standard InChI is InChI=1S/C20H20N2O3/c1-14-4-8-16(9-5-14)18-12-19(20(23)25-3)22(21-18)13-15-6-10-17(24-2)11-7-15/h4-12H,13H2,1-3H3. The molecule has 3 rings (SSSR count). The molecule has 0 amide bonds. The summed E-state index contributed by atoms with van der Waals surface area (Å²) in [5.74, 6) is 0.386. The Morgan fingerprint density at radius 1 is 1.04 bits per heavy atom. The van der Waals surface area contributed by atoms with Crippen LogP contribution in [0.5, 0.6) is 5.75 Å². The van der Waals surface area contributed by atoms with Crippen molar-refractivity contribution in [2.45, 2.75) is 13.5 Å². The number of carbonyl (C=O) groups is 1. The first-order valence-corrected chi connectivity index (χ1v) is 7.97. The summed E-state index contributed by atoms with van der Waals surface area (Å²) in [6.45, 7) is 2.51. The van der Waals surface area contributed by atoms with Gasteiger partial charge in [-0.05, 0) is 30.7 Å². The quantitative estimate of drug-likeness (QED) is 0.667. The highest BCUT2D eigenvalue weighted by atomic mass is 16.5. The maximum atomic E-state index is 12.1. The van der Waals surface area contributed by atoms with E-state index >= 15 is 0 Å². The van der Waals surface area contributed by atoms with Gasteiger partial charge in [-0.25, -0.2) is 4.79 Å². The van der Waals surface area contributed by atoms with Crippen molar-refractivity contribution >= 4 is 5.97 Å². The van der Waals surface area contributed by atoms with Crippen molar-refractivity contribution in [2.75, 3.05) is 14.2 Å². The Labute approximate surface area is 146 Å². The second kappa shape index (κ2) is 7.21. The van der Waals surface area contributed by atoms with Gasteiger partial charge in [0.15, 0.2) is 0 Å². The van der Waals surface area contributed by atoms with Crippen LogP contribution in [-0.2, 0) is 11.3 Å². The van der Waals surface area contributed by atoms with Crippen LogP contribution in [0.25, 0.3) is 11.3 Å². The maximum absolute atomic E-state index is 12.1. The van der Waals surface area contributed by atoms with Gasteiger partial charge in [0.2, 0.25) is 0 Å². The molecule has 128 valence electrons. The molecule has 0 aliphatic carbocycles. The average molecular weight is 336 g/mol. The van der Waals surface area contributed by atoms with E-state index in [-0.39, 0.29) is 0 Å². The first-order valence-electron chi connectivity index (χ1n) is 7.97. The molecule has 3 aromatic rings. The summed E-state index contributed by atoms with van der Waals surface area (Å²) < 4.78 is 11.7. The van der Waals surface area contributed by atoms with Gasteiger partial charge in [0, 0.05) is 5.56 Å². The number of ether oxygens (including phenoxy) is 2. The first-order chi connectivity index (χ1) is 12.1. The molecule has 0 saturated heterocycles. The molecule has 5 heteroatoms. The van der Waals surface area contributed by atoms with E-state index in [1.807, 2.05) is 55.5 Å². The highest BCUT2D eigenvalue weighted by Gasteiger charge is 2.17. The molecule has 0 bridgehead atoms. The number of esters is 1. The first kappa shape index (κ1) is 16.8. The lowest BCUT2D eigenvalue weighted by Crippen LogP contribution is -2.12. The highest BCUT2D eigenvalue weighted by Crippen LogP contribution is 2.21. The third kappa shape index (κ3) is 3.71. The third-order valence-corrected chi connectivity index (χ3v) is 4.01. The van der Waals surface area contributed by atoms with Gasteiger partial charge in [0.1, 0.15) is 11.4 Å². The minimum Gasteiger partial charge on any atom is -0.497 e. The summed E-state index contributed by atoms with van der Waals surface area (Å²) >= 11 is 0. The second-order valence-corrected chi connectivity index (χ2v) is 5.78. The summed E-state index contributed by atoms with van der Waals surface area (Å²) in [4.78, 5) is 12.1. The lowest BCUT2D eigenvalue weighted by atomic mass is 10.1. The molecule has 0 spiro atoms. The Bertz CT molecular complexity index is 865. The number of aromatic nitrogens is 2. The van der Waals surface area contributed by atoms with Crippen molar-refractivity contribution in [2.24, 2.45) is 0 Å². The van der Waals surface area contributed by atoms with Crippen molar-refractivity contribution in [3.63, 3.8) is 0 Å². The predicted octanol–water partition coefficient (Wildman–Crippen LogP) is 3.70. The van der Waals surface area contributed by atoms with Gasteiger partial charge in [0.05, 0.1) is 26.5 Å². The molecule has 25 heavy (non-hydrogen) atoms. The van der Waals surface area contributed by atoms with Gasteiger partial charge in [-0.3, -0.25) is 4.68 Å². The second-order valence-electron chi connectivity index (χ2n) is 5.78. The molecular weight excluding hydrogens is 316 g/mol. The van der Waals surface area contributed by atoms with Crippen LogP contribution in [0.15, 0.2) is 54.6 Å². The van der Waals surface area contributed by atoms with E-state index < -0.39 is 5.97 Å². The Balaban J connectivity index is 1.95. The van der Waals surface area contributed by atoms with E-state index in [2.05, 4.69) is 5.10 Å². The molecular formula is C20H20N2O3. The van der Waals surface area contributed by atoms with E-state index in [0.717, 1.165) is 22.6 Å². The molecule has 0 N–H and O–H groups in total. The Morgan fingerprint density at radius 3 is 2.32 bits per heavy atom. The van der Waals surface area contributed by atoms with Gasteiger partial charge in [-0.15, -0.1) is 0 Å². The van der Waals surface area contributed by atoms with Crippen LogP contribution in [0.1, 0.15) is 21.6 Å². The number of benzene rings is 2. The van der Waals surface area contributed by atoms with Crippen LogP contribution >= 0.6 is 0 Å². The van der Waals surface area contributed by atoms with Crippen LogP contribution in [0.3, 0.4) is 0 Å². The number of aryl methyl sites for hydroxylation is 1. The summed E-state index contributed by atoms with van der Waals surface area (Å²) in [5.41, 5.74) is 4.33. The molecule has 1 aromatic heterocycles. The SMILES string of the molecule is COC(=O)c1cc(-c2ccc(C)cc2)nn1Cc1ccc(OC)cc1. The summed E-state index contributed by atoms with van der Waals surface area (Å²) in [6.07, 6.45) is 0. The average Bonchev–Trinajstić information content (AvgIpc) is 3.06. The zero-order valence-electron chi connectivity index (χ0n) is 14.5. The smallest absolute Gasteiger partial charge is 0.356 e. The predicted molar refractivity (Wildman–Crippen MR) is 95.8 cm³/mol. The van der Waals surface area contributed by atoms with Crippen LogP contribution < -0.4 is 4.74 Å². The minimum absolute atomic E-state index is 0.403. The van der Waals surface area contributed by atoms with Crippen LogP contribution in [0.2, 0.25) is 0 Å². The maximum Gasteiger partial charge on any atom is 0.356 e. The number of rotatable bonds is 5. The molecule has 0 fully saturated rings. The van der Waals surface area contributed by atoms with Gasteiger partial charge in [-0.2, -0.15) is 5.10 Å². The normalized spacial score (nSPS) is 10.5. The van der Waals surface area contributed by atoms with Gasteiger partial charge < -0.3 is 9.47 Å². The molecule has 5 nitrogen and oxygen atoms in total. The van der Waals surface area contributed by atoms with E-state index in [1.165, 1.54) is 12.7 Å². The molecule has 0 unspecified atom stereocenters. The zero-order valence-corrected chi connectivity index (χ0v) is 14.5. The number of carbonyl (C=O) groups excluding carboxylic acids is 1. The monoisotopic (exact) mass is 336 g/mol. The molecule has 0 radical (unpaired) electrons. The van der Waals surface area contributed by atoms with Crippen molar-refractivity contribution in [3.05, 3.63) is 71.4 Å². The molecule has 2 aromatic carbocycles. The summed E-state index contributed by atoms with van der Waals surface area (Å²) in [5, 5.41) is 4.60. The Hall–Kier alpha value is -3.08. The van der Waals surface area contributed by atoms with Gasteiger partial charge in [-0.1, -0.05) is 42.0 Å². The fraction of sp³-hybridized carbons (Fsp3) is 0.200. The molecule has 0 aliphatic heterocycles. The van der Waals surface area contributed by atoms with E-state index in [9.17, 15) is 4.79 Å². The largest absolute Gasteiger partial charge is 0.497 e. The number of nitrogens with zero attached hydrogens (tertiary/aromatic N) is 2. The van der Waals surface area contributed by atoms with Gasteiger partial charge >= 0.3 is 5.97 Å². The van der Waals surface area contributed by atoms with Gasteiger partial charge in [0.25, 0.3) is 0 Å². The van der Waals surface area contributed by atoms with E-state index in [4.69, 9.17) is 9.47 Å². The zero-order chi connectivity index (χ0) is 17.8. The number of methoxy groups -OCH3 is 2. The molecule has 1 heterocycles. The van der Waals surface area contributed by atoms with E-state index in [0.29, 0.717) is 12.2 Å². The lowest BCUT2D eigenvalue weighted by molar-refractivity contribution is 0.0587. The van der Waals surface area contributed by atoms with E-state index in [1.54, 1.807) is 17.9 Å². The highest BCUT2D eigenvalue weighted by molar-refractivity contribution is 5.89. The topological polar surface area (TPSA) is 53.3 Å². The van der Waals surface area contributed by atoms with Crippen molar-refractivity contribution < 1.29 is 14.3 Å². The van der Waals surface area contributed by atoms with Crippen LogP contribution in [0, 0.1) is 6.92 Å². The molecule has 0 saturated carbocycles. The Morgan fingerprint density at radius 2 is 1.72 bits per heavy atom. The number of hydrogen-bond donors (Lipinski definition) is 0. The van der Waals surface area contributed by atoms with Crippen molar-refractivity contribution in [1.29, 1.82) is 0 Å². The van der Waals surface area contributed by atoms with Crippen LogP contribution in [0.4, 0.5) is 0 Å². The van der Waals surface area contributed by atoms with Crippen molar-refractivity contribution in [1.82, 2.24) is 9.78 Å². The molecule has 0 aliphatic rings. The third-order valence-electron chi connectivity index (χ3n) is 4.01. The summed E-state index contributed by atoms with van der Waals surface area (Å²) in [6, 6.07) is 17.5. The lowest BCUT2D eigenvalue weighted by Gasteiger charge is -2.07. The number of hydrogen-bond acceptors (Lipinski definition) is 4. The fourth-order valence-corrected chi connectivity index (χ4v) is 2.58. The Kier molecular flexibility index (Phi) is 4.84. The molecule has 0 atom stereocenters. The van der Waals surface area contributed by atoms with Crippen molar-refractivity contribution in [3.8, 4) is 17.0 Å². The summed E-state index contributed by atoms with van der Waals surface area (Å²) in [7, 11) is 3.00. The van der Waals surface area contributed by atoms with Crippen LogP contribution in [-0.4, -0.2) is 30.0 Å². The minimum atomic E-state index is -0.403.